The molecule has 2 N–H and O–H groups in total. The van der Waals surface area contributed by atoms with Gasteiger partial charge in [0.05, 0.1) is 24.5 Å². The molecule has 0 radical (unpaired) electrons. The standard InChI is InChI=1S/C25H30N8O2S/c1-18-16-32(12-11-26-18)22-8-6-21(7-9-22)30-24-13-23-20(14-28-24)15-29-33(23)17-19-5-4-10-27-25(19)31(2)36(3,34)35/h4-10,13-15,18,26H,11-12,16-17H2,1-3H3,(H,28,30). The smallest absolute Gasteiger partial charge is 0.233 e. The van der Waals surface area contributed by atoms with E-state index in [2.05, 4.69) is 61.8 Å². The molecule has 4 aromatic rings. The van der Waals surface area contributed by atoms with Gasteiger partial charge in [0.1, 0.15) is 11.6 Å². The van der Waals surface area contributed by atoms with Crippen LogP contribution in [0.2, 0.25) is 0 Å². The van der Waals surface area contributed by atoms with Crippen molar-refractivity contribution in [2.45, 2.75) is 19.5 Å². The van der Waals surface area contributed by atoms with E-state index in [1.165, 1.54) is 17.0 Å². The number of fused-ring (bicyclic) bond motifs is 1. The van der Waals surface area contributed by atoms with Gasteiger partial charge in [-0.1, -0.05) is 6.07 Å². The first-order valence-corrected chi connectivity index (χ1v) is 13.7. The van der Waals surface area contributed by atoms with Crippen LogP contribution in [0.15, 0.2) is 61.1 Å². The molecule has 10 nitrogen and oxygen atoms in total. The summed E-state index contributed by atoms with van der Waals surface area (Å²) in [5, 5.41) is 12.3. The number of hydrogen-bond acceptors (Lipinski definition) is 8. The van der Waals surface area contributed by atoms with Gasteiger partial charge in [-0.25, -0.2) is 18.4 Å². The molecular weight excluding hydrogens is 476 g/mol. The lowest BCUT2D eigenvalue weighted by atomic mass is 10.2. The zero-order chi connectivity index (χ0) is 25.3. The number of hydrogen-bond donors (Lipinski definition) is 2. The minimum absolute atomic E-state index is 0.369. The Kier molecular flexibility index (Phi) is 6.50. The van der Waals surface area contributed by atoms with Gasteiger partial charge in [0, 0.05) is 73.5 Å². The molecule has 1 unspecified atom stereocenters. The maximum Gasteiger partial charge on any atom is 0.233 e. The zero-order valence-corrected chi connectivity index (χ0v) is 21.4. The molecule has 1 saturated heterocycles. The number of rotatable bonds is 7. The monoisotopic (exact) mass is 506 g/mol. The SMILES string of the molecule is CC1CN(c2ccc(Nc3cc4c(cn3)cnn4Cc3cccnc3N(C)S(C)(=O)=O)cc2)CCN1. The summed E-state index contributed by atoms with van der Waals surface area (Å²) in [6.45, 7) is 5.55. The van der Waals surface area contributed by atoms with Crippen LogP contribution >= 0.6 is 0 Å². The van der Waals surface area contributed by atoms with Crippen molar-refractivity contribution in [3.63, 3.8) is 0 Å². The number of aromatic nitrogens is 4. The third-order valence-corrected chi connectivity index (χ3v) is 7.55. The molecule has 11 heteroatoms. The summed E-state index contributed by atoms with van der Waals surface area (Å²) in [5.74, 6) is 1.09. The van der Waals surface area contributed by atoms with Gasteiger partial charge in [-0.05, 0) is 37.3 Å². The van der Waals surface area contributed by atoms with E-state index in [9.17, 15) is 8.42 Å². The number of anilines is 4. The van der Waals surface area contributed by atoms with Gasteiger partial charge in [-0.3, -0.25) is 8.99 Å². The van der Waals surface area contributed by atoms with Crippen molar-refractivity contribution < 1.29 is 8.42 Å². The van der Waals surface area contributed by atoms with E-state index >= 15 is 0 Å². The number of pyridine rings is 2. The molecule has 0 spiro atoms. The van der Waals surface area contributed by atoms with E-state index in [4.69, 9.17) is 0 Å². The van der Waals surface area contributed by atoms with Crippen LogP contribution in [-0.4, -0.2) is 67.1 Å². The summed E-state index contributed by atoms with van der Waals surface area (Å²) < 4.78 is 27.2. The van der Waals surface area contributed by atoms with Gasteiger partial charge in [-0.2, -0.15) is 5.10 Å². The normalized spacial score (nSPS) is 16.3. The van der Waals surface area contributed by atoms with E-state index < -0.39 is 10.0 Å². The average molecular weight is 507 g/mol. The molecule has 0 amide bonds. The van der Waals surface area contributed by atoms with E-state index in [-0.39, 0.29) is 0 Å². The Morgan fingerprint density at radius 1 is 1.17 bits per heavy atom. The molecule has 1 atom stereocenters. The number of piperazine rings is 1. The van der Waals surface area contributed by atoms with Crippen molar-refractivity contribution in [1.82, 2.24) is 25.1 Å². The fraction of sp³-hybridized carbons (Fsp3) is 0.320. The number of sulfonamides is 1. The highest BCUT2D eigenvalue weighted by Gasteiger charge is 2.18. The van der Waals surface area contributed by atoms with Crippen LogP contribution in [0, 0.1) is 0 Å². The van der Waals surface area contributed by atoms with E-state index in [0.29, 0.717) is 24.2 Å². The minimum Gasteiger partial charge on any atom is -0.369 e. The molecule has 1 aliphatic heterocycles. The Balaban J connectivity index is 1.36. The Morgan fingerprint density at radius 3 is 2.72 bits per heavy atom. The molecule has 4 heterocycles. The largest absolute Gasteiger partial charge is 0.369 e. The first-order valence-electron chi connectivity index (χ1n) is 11.8. The topological polar surface area (TPSA) is 108 Å². The van der Waals surface area contributed by atoms with E-state index in [0.717, 1.165) is 48.0 Å². The van der Waals surface area contributed by atoms with Gasteiger partial charge in [0.25, 0.3) is 0 Å². The second-order valence-corrected chi connectivity index (χ2v) is 11.1. The average Bonchev–Trinajstić information content (AvgIpc) is 3.26. The second kappa shape index (κ2) is 9.75. The van der Waals surface area contributed by atoms with Crippen LogP contribution in [0.3, 0.4) is 0 Å². The predicted molar refractivity (Wildman–Crippen MR) is 144 cm³/mol. The molecule has 0 aliphatic carbocycles. The molecule has 1 aliphatic rings. The van der Waals surface area contributed by atoms with Crippen molar-refractivity contribution in [3.05, 3.63) is 66.6 Å². The maximum atomic E-state index is 12.1. The summed E-state index contributed by atoms with van der Waals surface area (Å²) in [6, 6.07) is 14.5. The van der Waals surface area contributed by atoms with Crippen molar-refractivity contribution >= 4 is 43.9 Å². The van der Waals surface area contributed by atoms with Crippen molar-refractivity contribution in [2.75, 3.05) is 47.5 Å². The number of benzene rings is 1. The van der Waals surface area contributed by atoms with Crippen LogP contribution in [-0.2, 0) is 16.6 Å². The van der Waals surface area contributed by atoms with E-state index in [1.54, 1.807) is 24.7 Å². The van der Waals surface area contributed by atoms with E-state index in [1.807, 2.05) is 16.8 Å². The third kappa shape index (κ3) is 5.12. The highest BCUT2D eigenvalue weighted by molar-refractivity contribution is 7.92. The summed E-state index contributed by atoms with van der Waals surface area (Å²) in [5.41, 5.74) is 3.79. The highest BCUT2D eigenvalue weighted by Crippen LogP contribution is 2.25. The van der Waals surface area contributed by atoms with Crippen LogP contribution < -0.4 is 19.8 Å². The summed E-state index contributed by atoms with van der Waals surface area (Å²) in [4.78, 5) is 11.2. The number of nitrogens with zero attached hydrogens (tertiary/aromatic N) is 6. The third-order valence-electron chi connectivity index (χ3n) is 6.38. The highest BCUT2D eigenvalue weighted by atomic mass is 32.2. The Labute approximate surface area is 211 Å². The van der Waals surface area contributed by atoms with Gasteiger partial charge >= 0.3 is 0 Å². The second-order valence-electron chi connectivity index (χ2n) is 9.12. The molecule has 1 fully saturated rings. The molecule has 3 aromatic heterocycles. The Hall–Kier alpha value is -3.70. The van der Waals surface area contributed by atoms with Crippen LogP contribution in [0.4, 0.5) is 23.0 Å². The fourth-order valence-corrected chi connectivity index (χ4v) is 4.87. The number of nitrogens with one attached hydrogen (secondary N) is 2. The molecule has 1 aromatic carbocycles. The van der Waals surface area contributed by atoms with Gasteiger partial charge in [0.15, 0.2) is 0 Å². The van der Waals surface area contributed by atoms with Crippen molar-refractivity contribution in [3.8, 4) is 0 Å². The van der Waals surface area contributed by atoms with Gasteiger partial charge in [-0.15, -0.1) is 0 Å². The minimum atomic E-state index is -3.44. The van der Waals surface area contributed by atoms with Crippen LogP contribution in [0.1, 0.15) is 12.5 Å². The molecule has 36 heavy (non-hydrogen) atoms. The molecular formula is C25H30N8O2S. The quantitative estimate of drug-likeness (QED) is 0.394. The Morgan fingerprint density at radius 2 is 1.97 bits per heavy atom. The lowest BCUT2D eigenvalue weighted by Gasteiger charge is -2.33. The first-order chi connectivity index (χ1) is 17.3. The Bertz CT molecular complexity index is 1470. The lowest BCUT2D eigenvalue weighted by molar-refractivity contribution is 0.485. The summed E-state index contributed by atoms with van der Waals surface area (Å²) in [7, 11) is -1.94. The molecule has 0 saturated carbocycles. The molecule has 0 bridgehead atoms. The lowest BCUT2D eigenvalue weighted by Crippen LogP contribution is -2.49. The van der Waals surface area contributed by atoms with Crippen LogP contribution in [0.5, 0.6) is 0 Å². The van der Waals surface area contributed by atoms with Crippen molar-refractivity contribution in [2.24, 2.45) is 0 Å². The van der Waals surface area contributed by atoms with Crippen molar-refractivity contribution in [1.29, 1.82) is 0 Å². The first kappa shape index (κ1) is 24.0. The molecule has 188 valence electrons. The van der Waals surface area contributed by atoms with Gasteiger partial charge in [0.2, 0.25) is 10.0 Å². The predicted octanol–water partition coefficient (Wildman–Crippen LogP) is 2.81. The molecule has 5 rings (SSSR count). The van der Waals surface area contributed by atoms with Crippen LogP contribution in [0.25, 0.3) is 10.9 Å². The fourth-order valence-electron chi connectivity index (χ4n) is 4.39. The van der Waals surface area contributed by atoms with Gasteiger partial charge < -0.3 is 15.5 Å². The summed E-state index contributed by atoms with van der Waals surface area (Å²) >= 11 is 0. The summed E-state index contributed by atoms with van der Waals surface area (Å²) in [6.07, 6.45) is 6.28. The zero-order valence-electron chi connectivity index (χ0n) is 20.6. The maximum absolute atomic E-state index is 12.1.